The summed E-state index contributed by atoms with van der Waals surface area (Å²) in [7, 11) is -6.83. The summed E-state index contributed by atoms with van der Waals surface area (Å²) in [5.74, 6) is 5.10. The maximum Gasteiger partial charge on any atom is 0.243 e. The van der Waals surface area contributed by atoms with Crippen molar-refractivity contribution in [3.8, 4) is 0 Å². The first-order valence-electron chi connectivity index (χ1n) is 5.48. The molecule has 0 unspecified atom stereocenters. The molecule has 0 saturated carbocycles. The summed E-state index contributed by atoms with van der Waals surface area (Å²) >= 11 is 0. The minimum atomic E-state index is -3.71. The molecule has 8 nitrogen and oxygen atoms in total. The SMILES string of the molecule is NNc1cc(S(=O)(=O)N2CCS(=O)(=O)CC2)ccn1. The van der Waals surface area contributed by atoms with Gasteiger partial charge in [-0.25, -0.2) is 27.7 Å². The Hall–Kier alpha value is -1.23. The number of nitrogens with two attached hydrogens (primary N) is 1. The standard InChI is InChI=1S/C9H14N4O4S2/c10-12-9-7-8(1-2-11-9)19(16,17)13-3-5-18(14,15)6-4-13/h1-2,7H,3-6,10H2,(H,11,12). The van der Waals surface area contributed by atoms with Crippen molar-refractivity contribution in [1.29, 1.82) is 0 Å². The Morgan fingerprint density at radius 2 is 1.95 bits per heavy atom. The molecule has 0 aliphatic carbocycles. The molecule has 0 spiro atoms. The molecule has 1 fully saturated rings. The van der Waals surface area contributed by atoms with E-state index in [4.69, 9.17) is 5.84 Å². The summed E-state index contributed by atoms with van der Waals surface area (Å²) in [6.07, 6.45) is 1.32. The first-order chi connectivity index (χ1) is 8.85. The Bertz CT molecular complexity index is 657. The third-order valence-electron chi connectivity index (χ3n) is 2.82. The van der Waals surface area contributed by atoms with E-state index < -0.39 is 19.9 Å². The lowest BCUT2D eigenvalue weighted by atomic mass is 10.5. The lowest BCUT2D eigenvalue weighted by molar-refractivity contribution is 0.430. The number of sulfone groups is 1. The lowest BCUT2D eigenvalue weighted by Gasteiger charge is -2.25. The fourth-order valence-corrected chi connectivity index (χ4v) is 4.62. The van der Waals surface area contributed by atoms with E-state index in [1.807, 2.05) is 0 Å². The van der Waals surface area contributed by atoms with E-state index in [-0.39, 0.29) is 35.3 Å². The van der Waals surface area contributed by atoms with E-state index in [9.17, 15) is 16.8 Å². The van der Waals surface area contributed by atoms with Crippen LogP contribution in [-0.4, -0.2) is 50.7 Å². The number of hydrogen-bond acceptors (Lipinski definition) is 7. The Balaban J connectivity index is 2.28. The van der Waals surface area contributed by atoms with E-state index in [0.29, 0.717) is 0 Å². The molecule has 1 aliphatic heterocycles. The van der Waals surface area contributed by atoms with Crippen molar-refractivity contribution in [3.63, 3.8) is 0 Å². The number of aromatic nitrogens is 1. The highest BCUT2D eigenvalue weighted by Crippen LogP contribution is 2.19. The molecular weight excluding hydrogens is 292 g/mol. The molecule has 0 amide bonds. The van der Waals surface area contributed by atoms with Crippen LogP contribution >= 0.6 is 0 Å². The van der Waals surface area contributed by atoms with Crippen LogP contribution < -0.4 is 11.3 Å². The number of sulfonamides is 1. The van der Waals surface area contributed by atoms with Gasteiger partial charge in [-0.05, 0) is 6.07 Å². The van der Waals surface area contributed by atoms with Gasteiger partial charge in [-0.15, -0.1) is 0 Å². The summed E-state index contributed by atoms with van der Waals surface area (Å²) < 4.78 is 48.4. The number of nitrogen functional groups attached to an aromatic ring is 1. The van der Waals surface area contributed by atoms with Crippen LogP contribution in [0, 0.1) is 0 Å². The molecule has 1 aromatic heterocycles. The van der Waals surface area contributed by atoms with Gasteiger partial charge < -0.3 is 5.43 Å². The molecule has 0 atom stereocenters. The minimum absolute atomic E-state index is 0.0294. The fraction of sp³-hybridized carbons (Fsp3) is 0.444. The topological polar surface area (TPSA) is 122 Å². The van der Waals surface area contributed by atoms with Gasteiger partial charge in [0, 0.05) is 25.4 Å². The highest BCUT2D eigenvalue weighted by atomic mass is 32.2. The molecule has 1 aromatic rings. The second-order valence-corrected chi connectivity index (χ2v) is 8.32. The first kappa shape index (κ1) is 14.2. The summed E-state index contributed by atoms with van der Waals surface area (Å²) in [6.45, 7) is -0.0588. The second-order valence-electron chi connectivity index (χ2n) is 4.08. The van der Waals surface area contributed by atoms with Crippen molar-refractivity contribution in [3.05, 3.63) is 18.3 Å². The average molecular weight is 306 g/mol. The van der Waals surface area contributed by atoms with Crippen molar-refractivity contribution >= 4 is 25.7 Å². The Kier molecular flexibility index (Phi) is 3.76. The maximum atomic E-state index is 12.3. The van der Waals surface area contributed by atoms with E-state index in [2.05, 4.69) is 10.4 Å². The molecule has 0 bridgehead atoms. The van der Waals surface area contributed by atoms with Crippen LogP contribution in [0.25, 0.3) is 0 Å². The molecule has 1 aliphatic rings. The van der Waals surface area contributed by atoms with E-state index in [0.717, 1.165) is 4.31 Å². The predicted octanol–water partition coefficient (Wildman–Crippen LogP) is -1.21. The van der Waals surface area contributed by atoms with Gasteiger partial charge in [-0.2, -0.15) is 4.31 Å². The van der Waals surface area contributed by atoms with Crippen LogP contribution in [0.2, 0.25) is 0 Å². The van der Waals surface area contributed by atoms with Crippen molar-refractivity contribution in [2.24, 2.45) is 5.84 Å². The van der Waals surface area contributed by atoms with Gasteiger partial charge >= 0.3 is 0 Å². The Morgan fingerprint density at radius 3 is 2.53 bits per heavy atom. The third kappa shape index (κ3) is 3.03. The Morgan fingerprint density at radius 1 is 1.32 bits per heavy atom. The number of nitrogens with one attached hydrogen (secondary N) is 1. The van der Waals surface area contributed by atoms with Crippen molar-refractivity contribution in [1.82, 2.24) is 9.29 Å². The predicted molar refractivity (Wildman–Crippen MR) is 69.5 cm³/mol. The average Bonchev–Trinajstić information content (AvgIpc) is 2.38. The van der Waals surface area contributed by atoms with Crippen LogP contribution in [0.4, 0.5) is 5.82 Å². The summed E-state index contributed by atoms with van der Waals surface area (Å²) in [5, 5.41) is 0. The molecule has 19 heavy (non-hydrogen) atoms. The molecule has 1 saturated heterocycles. The number of pyridine rings is 1. The fourth-order valence-electron chi connectivity index (χ4n) is 1.74. The number of anilines is 1. The van der Waals surface area contributed by atoms with Gasteiger partial charge in [0.1, 0.15) is 5.82 Å². The van der Waals surface area contributed by atoms with Crippen LogP contribution in [0.5, 0.6) is 0 Å². The van der Waals surface area contributed by atoms with Gasteiger partial charge in [0.2, 0.25) is 10.0 Å². The van der Waals surface area contributed by atoms with Crippen LogP contribution in [-0.2, 0) is 19.9 Å². The second kappa shape index (κ2) is 5.04. The highest BCUT2D eigenvalue weighted by Gasteiger charge is 2.31. The largest absolute Gasteiger partial charge is 0.308 e. The number of nitrogens with zero attached hydrogens (tertiary/aromatic N) is 2. The molecule has 0 radical (unpaired) electrons. The highest BCUT2D eigenvalue weighted by molar-refractivity contribution is 7.92. The zero-order valence-corrected chi connectivity index (χ0v) is 11.6. The van der Waals surface area contributed by atoms with Crippen LogP contribution in [0.1, 0.15) is 0 Å². The smallest absolute Gasteiger partial charge is 0.243 e. The molecule has 106 valence electrons. The van der Waals surface area contributed by atoms with Gasteiger partial charge in [-0.3, -0.25) is 0 Å². The van der Waals surface area contributed by atoms with Crippen molar-refractivity contribution in [2.45, 2.75) is 4.90 Å². The summed E-state index contributed by atoms with van der Waals surface area (Å²) in [6, 6.07) is 2.65. The van der Waals surface area contributed by atoms with Gasteiger partial charge in [-0.1, -0.05) is 0 Å². The zero-order chi connectivity index (χ0) is 14.1. The first-order valence-corrected chi connectivity index (χ1v) is 8.74. The lowest BCUT2D eigenvalue weighted by Crippen LogP contribution is -2.43. The molecule has 0 aromatic carbocycles. The van der Waals surface area contributed by atoms with Crippen molar-refractivity contribution in [2.75, 3.05) is 30.0 Å². The molecule has 10 heteroatoms. The number of rotatable bonds is 3. The van der Waals surface area contributed by atoms with Crippen molar-refractivity contribution < 1.29 is 16.8 Å². The minimum Gasteiger partial charge on any atom is -0.308 e. The number of hydrazine groups is 1. The zero-order valence-electron chi connectivity index (χ0n) is 9.98. The molecule has 2 heterocycles. The van der Waals surface area contributed by atoms with E-state index in [1.165, 1.54) is 18.3 Å². The molecule has 3 N–H and O–H groups in total. The summed E-state index contributed by atoms with van der Waals surface area (Å²) in [5.41, 5.74) is 2.27. The molecular formula is C9H14N4O4S2. The van der Waals surface area contributed by atoms with Gasteiger partial charge in [0.15, 0.2) is 9.84 Å². The van der Waals surface area contributed by atoms with Gasteiger partial charge in [0.05, 0.1) is 16.4 Å². The van der Waals surface area contributed by atoms with Crippen LogP contribution in [0.15, 0.2) is 23.2 Å². The number of hydrogen-bond donors (Lipinski definition) is 2. The summed E-state index contributed by atoms with van der Waals surface area (Å²) in [4.78, 5) is 3.86. The molecule has 2 rings (SSSR count). The Labute approximate surface area is 111 Å². The van der Waals surface area contributed by atoms with E-state index >= 15 is 0 Å². The van der Waals surface area contributed by atoms with E-state index in [1.54, 1.807) is 0 Å². The van der Waals surface area contributed by atoms with Gasteiger partial charge in [0.25, 0.3) is 0 Å². The maximum absolute atomic E-state index is 12.3. The normalized spacial score (nSPS) is 20.1. The quantitative estimate of drug-likeness (QED) is 0.530. The third-order valence-corrected chi connectivity index (χ3v) is 6.32. The van der Waals surface area contributed by atoms with Crippen LogP contribution in [0.3, 0.4) is 0 Å². The monoisotopic (exact) mass is 306 g/mol.